The molecule has 0 saturated carbocycles. The topological polar surface area (TPSA) is 42.0 Å². The van der Waals surface area contributed by atoms with Gasteiger partial charge in [0.2, 0.25) is 0 Å². The fourth-order valence-corrected chi connectivity index (χ4v) is 3.69. The molecule has 1 N–H and O–H groups in total. The number of thioether (sulfide) groups is 1. The van der Waals surface area contributed by atoms with E-state index in [0.29, 0.717) is 10.7 Å². The van der Waals surface area contributed by atoms with E-state index in [1.54, 1.807) is 11.8 Å². The lowest BCUT2D eigenvalue weighted by Crippen LogP contribution is -2.12. The highest BCUT2D eigenvalue weighted by Gasteiger charge is 2.13. The lowest BCUT2D eigenvalue weighted by Gasteiger charge is -2.07. The van der Waals surface area contributed by atoms with Gasteiger partial charge in [-0.1, -0.05) is 42.5 Å². The fourth-order valence-electron chi connectivity index (χ4n) is 2.03. The molecule has 21 heavy (non-hydrogen) atoms. The van der Waals surface area contributed by atoms with Gasteiger partial charge in [-0.2, -0.15) is 0 Å². The third-order valence-electron chi connectivity index (χ3n) is 2.95. The molecule has 2 aromatic carbocycles. The number of fused-ring (bicyclic) bond motifs is 1. The zero-order valence-electron chi connectivity index (χ0n) is 11.5. The van der Waals surface area contributed by atoms with Crippen LogP contribution >= 0.6 is 23.1 Å². The smallest absolute Gasteiger partial charge is 0.258 e. The largest absolute Gasteiger partial charge is 0.298 e. The Bertz CT molecular complexity index is 750. The summed E-state index contributed by atoms with van der Waals surface area (Å²) in [7, 11) is 0. The number of hydrogen-bond donors (Lipinski definition) is 1. The number of nitrogens with zero attached hydrogens (tertiary/aromatic N) is 1. The number of carbonyl (C=O) groups excluding carboxylic acids is 1. The number of para-hydroxylation sites is 1. The Labute approximate surface area is 131 Å². The lowest BCUT2D eigenvalue weighted by molar-refractivity contribution is 0.102. The molecule has 1 heterocycles. The zero-order chi connectivity index (χ0) is 14.7. The van der Waals surface area contributed by atoms with Gasteiger partial charge in [-0.25, -0.2) is 4.98 Å². The molecule has 0 fully saturated rings. The van der Waals surface area contributed by atoms with Gasteiger partial charge in [-0.3, -0.25) is 10.1 Å². The van der Waals surface area contributed by atoms with Crippen LogP contribution in [-0.2, 0) is 0 Å². The van der Waals surface area contributed by atoms with Crippen LogP contribution in [-0.4, -0.2) is 16.6 Å². The maximum Gasteiger partial charge on any atom is 0.258 e. The van der Waals surface area contributed by atoms with Crippen molar-refractivity contribution in [2.45, 2.75) is 11.8 Å². The molecule has 3 aromatic rings. The number of carbonyl (C=O) groups is 1. The highest BCUT2D eigenvalue weighted by Crippen LogP contribution is 2.27. The summed E-state index contributed by atoms with van der Waals surface area (Å²) in [6.45, 7) is 2.08. The lowest BCUT2D eigenvalue weighted by atomic mass is 10.2. The Hall–Kier alpha value is -1.85. The SMILES string of the molecule is CCSc1ccccc1C(=O)Nc1nc2ccccc2s1. The maximum absolute atomic E-state index is 12.4. The van der Waals surface area contributed by atoms with Gasteiger partial charge in [-0.05, 0) is 30.0 Å². The van der Waals surface area contributed by atoms with E-state index in [1.165, 1.54) is 11.3 Å². The summed E-state index contributed by atoms with van der Waals surface area (Å²) in [5.74, 6) is 0.830. The van der Waals surface area contributed by atoms with Crippen molar-refractivity contribution in [1.82, 2.24) is 4.98 Å². The Balaban J connectivity index is 1.86. The van der Waals surface area contributed by atoms with Crippen molar-refractivity contribution in [1.29, 1.82) is 0 Å². The first-order valence-electron chi connectivity index (χ1n) is 6.66. The number of aromatic nitrogens is 1. The molecular weight excluding hydrogens is 300 g/mol. The van der Waals surface area contributed by atoms with Gasteiger partial charge >= 0.3 is 0 Å². The van der Waals surface area contributed by atoms with Gasteiger partial charge in [0.1, 0.15) is 0 Å². The fraction of sp³-hybridized carbons (Fsp3) is 0.125. The highest BCUT2D eigenvalue weighted by atomic mass is 32.2. The zero-order valence-corrected chi connectivity index (χ0v) is 13.1. The minimum Gasteiger partial charge on any atom is -0.298 e. The second kappa shape index (κ2) is 6.28. The van der Waals surface area contributed by atoms with E-state index in [-0.39, 0.29) is 5.91 Å². The highest BCUT2D eigenvalue weighted by molar-refractivity contribution is 7.99. The molecule has 0 unspecified atom stereocenters. The van der Waals surface area contributed by atoms with Gasteiger partial charge in [0.15, 0.2) is 5.13 Å². The summed E-state index contributed by atoms with van der Waals surface area (Å²) in [5, 5.41) is 3.54. The molecule has 0 aliphatic heterocycles. The van der Waals surface area contributed by atoms with E-state index >= 15 is 0 Å². The van der Waals surface area contributed by atoms with Crippen LogP contribution in [0.15, 0.2) is 53.4 Å². The van der Waals surface area contributed by atoms with Crippen LogP contribution in [0.1, 0.15) is 17.3 Å². The number of benzene rings is 2. The van der Waals surface area contributed by atoms with Crippen molar-refractivity contribution in [2.75, 3.05) is 11.1 Å². The minimum absolute atomic E-state index is 0.106. The molecule has 0 saturated heterocycles. The first-order chi connectivity index (χ1) is 10.3. The van der Waals surface area contributed by atoms with Crippen molar-refractivity contribution in [3.8, 4) is 0 Å². The number of amides is 1. The Morgan fingerprint density at radius 3 is 2.76 bits per heavy atom. The van der Waals surface area contributed by atoms with Crippen molar-refractivity contribution >= 4 is 44.4 Å². The number of nitrogens with one attached hydrogen (secondary N) is 1. The summed E-state index contributed by atoms with van der Waals surface area (Å²) in [6.07, 6.45) is 0. The van der Waals surface area contributed by atoms with Crippen molar-refractivity contribution in [2.24, 2.45) is 0 Å². The molecule has 0 aliphatic rings. The van der Waals surface area contributed by atoms with E-state index in [4.69, 9.17) is 0 Å². The molecule has 3 rings (SSSR count). The molecular formula is C16H14N2OS2. The standard InChI is InChI=1S/C16H14N2OS2/c1-2-20-13-9-5-3-7-11(13)15(19)18-16-17-12-8-4-6-10-14(12)21-16/h3-10H,2H2,1H3,(H,17,18,19). The molecule has 1 amide bonds. The van der Waals surface area contributed by atoms with Gasteiger partial charge in [0.25, 0.3) is 5.91 Å². The number of rotatable bonds is 4. The van der Waals surface area contributed by atoms with Crippen LogP contribution in [0.2, 0.25) is 0 Å². The third-order valence-corrected chi connectivity index (χ3v) is 4.85. The second-order valence-electron chi connectivity index (χ2n) is 4.37. The van der Waals surface area contributed by atoms with Crippen LogP contribution in [0.3, 0.4) is 0 Å². The molecule has 106 valence electrons. The summed E-state index contributed by atoms with van der Waals surface area (Å²) >= 11 is 3.16. The van der Waals surface area contributed by atoms with E-state index in [2.05, 4.69) is 17.2 Å². The normalized spacial score (nSPS) is 10.7. The molecule has 3 nitrogen and oxygen atoms in total. The van der Waals surface area contributed by atoms with E-state index in [0.717, 1.165) is 20.9 Å². The Morgan fingerprint density at radius 1 is 1.19 bits per heavy atom. The van der Waals surface area contributed by atoms with Crippen molar-refractivity contribution < 1.29 is 4.79 Å². The van der Waals surface area contributed by atoms with Crippen molar-refractivity contribution in [3.63, 3.8) is 0 Å². The molecule has 0 spiro atoms. The predicted molar refractivity (Wildman–Crippen MR) is 90.4 cm³/mol. The Morgan fingerprint density at radius 2 is 1.95 bits per heavy atom. The summed E-state index contributed by atoms with van der Waals surface area (Å²) in [5.41, 5.74) is 1.61. The first kappa shape index (κ1) is 14.1. The van der Waals surface area contributed by atoms with E-state index in [9.17, 15) is 4.79 Å². The van der Waals surface area contributed by atoms with E-state index in [1.807, 2.05) is 48.5 Å². The second-order valence-corrected chi connectivity index (χ2v) is 6.71. The number of anilines is 1. The summed E-state index contributed by atoms with van der Waals surface area (Å²) in [6, 6.07) is 15.5. The quantitative estimate of drug-likeness (QED) is 0.712. The van der Waals surface area contributed by atoms with Crippen molar-refractivity contribution in [3.05, 3.63) is 54.1 Å². The molecule has 0 radical (unpaired) electrons. The van der Waals surface area contributed by atoms with Crippen LogP contribution in [0.25, 0.3) is 10.2 Å². The predicted octanol–water partition coefficient (Wildman–Crippen LogP) is 4.66. The summed E-state index contributed by atoms with van der Waals surface area (Å²) in [4.78, 5) is 17.9. The average molecular weight is 314 g/mol. The van der Waals surface area contributed by atoms with Crippen LogP contribution < -0.4 is 5.32 Å². The molecule has 5 heteroatoms. The number of hydrogen-bond acceptors (Lipinski definition) is 4. The first-order valence-corrected chi connectivity index (χ1v) is 8.47. The Kier molecular flexibility index (Phi) is 4.22. The number of thiazole rings is 1. The third kappa shape index (κ3) is 3.09. The molecule has 0 aliphatic carbocycles. The maximum atomic E-state index is 12.4. The summed E-state index contributed by atoms with van der Waals surface area (Å²) < 4.78 is 1.07. The van der Waals surface area contributed by atoms with Crippen LogP contribution in [0.5, 0.6) is 0 Å². The van der Waals surface area contributed by atoms with Gasteiger partial charge < -0.3 is 0 Å². The van der Waals surface area contributed by atoms with Gasteiger partial charge in [-0.15, -0.1) is 11.8 Å². The van der Waals surface area contributed by atoms with Crippen LogP contribution in [0, 0.1) is 0 Å². The monoisotopic (exact) mass is 314 g/mol. The molecule has 1 aromatic heterocycles. The minimum atomic E-state index is -0.106. The average Bonchev–Trinajstić information content (AvgIpc) is 2.90. The van der Waals surface area contributed by atoms with Gasteiger partial charge in [0.05, 0.1) is 15.8 Å². The molecule has 0 bridgehead atoms. The van der Waals surface area contributed by atoms with Gasteiger partial charge in [0, 0.05) is 4.90 Å². The van der Waals surface area contributed by atoms with E-state index < -0.39 is 0 Å². The van der Waals surface area contributed by atoms with Crippen LogP contribution in [0.4, 0.5) is 5.13 Å². The molecule has 0 atom stereocenters.